The van der Waals surface area contributed by atoms with Gasteiger partial charge in [-0.1, -0.05) is 11.6 Å². The summed E-state index contributed by atoms with van der Waals surface area (Å²) in [6.07, 6.45) is 3.27. The number of ether oxygens (including phenoxy) is 1. The Morgan fingerprint density at radius 1 is 1.55 bits per heavy atom. The van der Waals surface area contributed by atoms with E-state index in [-0.39, 0.29) is 12.5 Å². The molecule has 1 aromatic carbocycles. The van der Waals surface area contributed by atoms with Gasteiger partial charge >= 0.3 is 0 Å². The Morgan fingerprint density at radius 2 is 2.27 bits per heavy atom. The van der Waals surface area contributed by atoms with E-state index in [1.807, 2.05) is 0 Å². The van der Waals surface area contributed by atoms with Crippen LogP contribution in [0, 0.1) is 0 Å². The molecule has 0 bridgehead atoms. The zero-order valence-corrected chi connectivity index (χ0v) is 13.4. The number of rotatable bonds is 5. The molecule has 1 aromatic heterocycles. The van der Waals surface area contributed by atoms with Gasteiger partial charge in [0.15, 0.2) is 0 Å². The number of aromatic nitrogens is 2. The van der Waals surface area contributed by atoms with Crippen molar-refractivity contribution in [1.29, 1.82) is 0 Å². The van der Waals surface area contributed by atoms with Crippen molar-refractivity contribution in [1.82, 2.24) is 15.1 Å². The molecule has 0 saturated carbocycles. The Morgan fingerprint density at radius 3 is 2.86 bits per heavy atom. The van der Waals surface area contributed by atoms with Crippen LogP contribution in [0.15, 0.2) is 30.6 Å². The maximum absolute atomic E-state index is 12.3. The molecule has 1 heterocycles. The first kappa shape index (κ1) is 16.3. The zero-order chi connectivity index (χ0) is 16.3. The highest BCUT2D eigenvalue weighted by Crippen LogP contribution is 2.24. The molecule has 1 unspecified atom stereocenters. The van der Waals surface area contributed by atoms with E-state index in [0.717, 1.165) is 0 Å². The zero-order valence-electron chi connectivity index (χ0n) is 12.6. The number of aryl methyl sites for hydroxylation is 1. The van der Waals surface area contributed by atoms with Gasteiger partial charge < -0.3 is 15.2 Å². The molecule has 0 aliphatic rings. The largest absolute Gasteiger partial charge is 0.496 e. The molecule has 22 heavy (non-hydrogen) atoms. The Balaban J connectivity index is 2.09. The van der Waals surface area contributed by atoms with Gasteiger partial charge in [-0.3, -0.25) is 9.48 Å². The highest BCUT2D eigenvalue weighted by molar-refractivity contribution is 6.30. The second-order valence-corrected chi connectivity index (χ2v) is 5.64. The molecule has 1 atom stereocenters. The molecule has 7 heteroatoms. The summed E-state index contributed by atoms with van der Waals surface area (Å²) in [6, 6.07) is 4.75. The van der Waals surface area contributed by atoms with Gasteiger partial charge in [0.1, 0.15) is 11.4 Å². The monoisotopic (exact) mass is 323 g/mol. The molecule has 0 saturated heterocycles. The Hall–Kier alpha value is -2.05. The molecular weight excluding hydrogens is 306 g/mol. The average molecular weight is 324 g/mol. The maximum atomic E-state index is 12.3. The van der Waals surface area contributed by atoms with Crippen LogP contribution in [0.25, 0.3) is 0 Å². The fraction of sp³-hybridized carbons (Fsp3) is 0.333. The lowest BCUT2D eigenvalue weighted by Gasteiger charge is -2.22. The average Bonchev–Trinajstić information content (AvgIpc) is 2.92. The lowest BCUT2D eigenvalue weighted by molar-refractivity contribution is 0.0525. The summed E-state index contributed by atoms with van der Waals surface area (Å²) >= 11 is 5.87. The number of nitrogens with zero attached hydrogens (tertiary/aromatic N) is 2. The van der Waals surface area contributed by atoms with Crippen LogP contribution in [0.2, 0.25) is 5.02 Å². The van der Waals surface area contributed by atoms with Crippen molar-refractivity contribution in [2.24, 2.45) is 7.05 Å². The summed E-state index contributed by atoms with van der Waals surface area (Å²) in [6.45, 7) is 1.66. The van der Waals surface area contributed by atoms with Gasteiger partial charge in [-0.05, 0) is 25.1 Å². The third-order valence-corrected chi connectivity index (χ3v) is 3.56. The van der Waals surface area contributed by atoms with E-state index in [1.165, 1.54) is 7.11 Å². The fourth-order valence-electron chi connectivity index (χ4n) is 2.00. The lowest BCUT2D eigenvalue weighted by Crippen LogP contribution is -2.38. The van der Waals surface area contributed by atoms with Gasteiger partial charge in [-0.25, -0.2) is 0 Å². The first-order chi connectivity index (χ1) is 10.3. The van der Waals surface area contributed by atoms with E-state index in [4.69, 9.17) is 16.3 Å². The van der Waals surface area contributed by atoms with Crippen LogP contribution in [-0.4, -0.2) is 34.4 Å². The molecule has 118 valence electrons. The van der Waals surface area contributed by atoms with Crippen molar-refractivity contribution >= 4 is 17.5 Å². The van der Waals surface area contributed by atoms with E-state index in [0.29, 0.717) is 21.9 Å². The molecule has 0 fully saturated rings. The molecule has 6 nitrogen and oxygen atoms in total. The smallest absolute Gasteiger partial charge is 0.255 e. The van der Waals surface area contributed by atoms with Crippen molar-refractivity contribution in [3.8, 4) is 5.75 Å². The quantitative estimate of drug-likeness (QED) is 0.878. The van der Waals surface area contributed by atoms with Gasteiger partial charge in [0.05, 0.1) is 25.4 Å². The van der Waals surface area contributed by atoms with Gasteiger partial charge in [0.25, 0.3) is 5.91 Å². The third kappa shape index (κ3) is 3.58. The molecule has 0 spiro atoms. The molecule has 0 aliphatic carbocycles. The van der Waals surface area contributed by atoms with Crippen molar-refractivity contribution in [3.63, 3.8) is 0 Å². The molecule has 0 aliphatic heterocycles. The number of carbonyl (C=O) groups is 1. The number of benzene rings is 1. The van der Waals surface area contributed by atoms with Crippen LogP contribution in [0.1, 0.15) is 22.8 Å². The van der Waals surface area contributed by atoms with E-state index in [2.05, 4.69) is 10.4 Å². The number of methoxy groups -OCH3 is 1. The topological polar surface area (TPSA) is 76.4 Å². The number of nitrogens with one attached hydrogen (secondary N) is 1. The second kappa shape index (κ2) is 6.37. The van der Waals surface area contributed by atoms with Crippen molar-refractivity contribution in [2.75, 3.05) is 13.7 Å². The van der Waals surface area contributed by atoms with Crippen LogP contribution in [0.4, 0.5) is 0 Å². The van der Waals surface area contributed by atoms with Crippen LogP contribution in [-0.2, 0) is 12.6 Å². The van der Waals surface area contributed by atoms with E-state index >= 15 is 0 Å². The van der Waals surface area contributed by atoms with Crippen molar-refractivity contribution < 1.29 is 14.6 Å². The number of aliphatic hydroxyl groups is 1. The van der Waals surface area contributed by atoms with Gasteiger partial charge in [-0.15, -0.1) is 0 Å². The van der Waals surface area contributed by atoms with Crippen LogP contribution in [0.3, 0.4) is 0 Å². The summed E-state index contributed by atoms with van der Waals surface area (Å²) in [5.41, 5.74) is -0.240. The van der Waals surface area contributed by atoms with Crippen LogP contribution >= 0.6 is 11.6 Å². The molecule has 0 radical (unpaired) electrons. The van der Waals surface area contributed by atoms with Gasteiger partial charge in [0, 0.05) is 23.8 Å². The number of hydrogen-bond acceptors (Lipinski definition) is 4. The van der Waals surface area contributed by atoms with E-state index < -0.39 is 5.60 Å². The van der Waals surface area contributed by atoms with Gasteiger partial charge in [0.2, 0.25) is 0 Å². The van der Waals surface area contributed by atoms with E-state index in [9.17, 15) is 9.90 Å². The number of halogens is 1. The summed E-state index contributed by atoms with van der Waals surface area (Å²) in [7, 11) is 3.23. The predicted molar refractivity (Wildman–Crippen MR) is 83.1 cm³/mol. The first-order valence-electron chi connectivity index (χ1n) is 6.67. The molecule has 2 N–H and O–H groups in total. The SMILES string of the molecule is COc1cc(Cl)ccc1C(=O)NCC(C)(O)c1cnn(C)c1. The Kier molecular flexibility index (Phi) is 4.73. The summed E-state index contributed by atoms with van der Waals surface area (Å²) in [5.74, 6) is 0.0312. The minimum Gasteiger partial charge on any atom is -0.496 e. The predicted octanol–water partition coefficient (Wildman–Crippen LogP) is 1.72. The number of amides is 1. The minimum atomic E-state index is -1.22. The van der Waals surface area contributed by atoms with Gasteiger partial charge in [-0.2, -0.15) is 5.10 Å². The maximum Gasteiger partial charge on any atom is 0.255 e. The molecule has 1 amide bonds. The summed E-state index contributed by atoms with van der Waals surface area (Å²) in [4.78, 5) is 12.3. The lowest BCUT2D eigenvalue weighted by atomic mass is 9.99. The Labute approximate surface area is 133 Å². The van der Waals surface area contributed by atoms with Crippen LogP contribution < -0.4 is 10.1 Å². The summed E-state index contributed by atoms with van der Waals surface area (Å²) < 4.78 is 6.74. The Bertz CT molecular complexity index is 682. The molecule has 2 rings (SSSR count). The van der Waals surface area contributed by atoms with Crippen molar-refractivity contribution in [3.05, 3.63) is 46.7 Å². The number of carbonyl (C=O) groups excluding carboxylic acids is 1. The number of hydrogen-bond donors (Lipinski definition) is 2. The highest BCUT2D eigenvalue weighted by Gasteiger charge is 2.26. The van der Waals surface area contributed by atoms with Crippen LogP contribution in [0.5, 0.6) is 5.75 Å². The molecule has 2 aromatic rings. The van der Waals surface area contributed by atoms with Crippen molar-refractivity contribution in [2.45, 2.75) is 12.5 Å². The minimum absolute atomic E-state index is 0.0449. The highest BCUT2D eigenvalue weighted by atomic mass is 35.5. The molecular formula is C15H18ClN3O3. The fourth-order valence-corrected chi connectivity index (χ4v) is 2.16. The second-order valence-electron chi connectivity index (χ2n) is 5.20. The first-order valence-corrected chi connectivity index (χ1v) is 7.04. The summed E-state index contributed by atoms with van der Waals surface area (Å²) in [5, 5.41) is 17.6. The van der Waals surface area contributed by atoms with E-state index in [1.54, 1.807) is 49.2 Å². The normalized spacial score (nSPS) is 13.5. The standard InChI is InChI=1S/C15H18ClN3O3/c1-15(21,10-7-18-19(2)8-10)9-17-14(20)12-5-4-11(16)6-13(12)22-3/h4-8,21H,9H2,1-3H3,(H,17,20). The third-order valence-electron chi connectivity index (χ3n) is 3.33.